The van der Waals surface area contributed by atoms with E-state index in [1.165, 1.54) is 74.6 Å². The molecule has 0 bridgehead atoms. The largest absolute Gasteiger partial charge is 0.552 e. The molecule has 0 aromatic heterocycles. The van der Waals surface area contributed by atoms with Gasteiger partial charge in [0.25, 0.3) is 0 Å². The van der Waals surface area contributed by atoms with Gasteiger partial charge in [-0.2, -0.15) is 25.7 Å². The van der Waals surface area contributed by atoms with Crippen molar-refractivity contribution >= 4 is 117 Å². The predicted octanol–water partition coefficient (Wildman–Crippen LogP) is 35.8. The van der Waals surface area contributed by atoms with Crippen LogP contribution in [0.15, 0.2) is 124 Å². The summed E-state index contributed by atoms with van der Waals surface area (Å²) in [5.41, 5.74) is 10.2. The molecule has 8 fully saturated rings. The van der Waals surface area contributed by atoms with Crippen LogP contribution in [0.3, 0.4) is 0 Å². The van der Waals surface area contributed by atoms with Gasteiger partial charge in [-0.1, -0.05) is 315 Å². The first kappa shape index (κ1) is 148. The summed E-state index contributed by atoms with van der Waals surface area (Å²) in [5, 5.41) is 2.61. The molecule has 12 aliphatic rings. The molecule has 4 saturated heterocycles. The van der Waals surface area contributed by atoms with Crippen molar-refractivity contribution in [3.05, 3.63) is 244 Å². The van der Waals surface area contributed by atoms with Crippen molar-refractivity contribution < 1.29 is 122 Å². The van der Waals surface area contributed by atoms with E-state index in [1.54, 1.807) is 31.4 Å². The number of thioether (sulfide) groups is 3. The van der Waals surface area contributed by atoms with Crippen LogP contribution < -0.4 is 4.90 Å². The number of anilines is 1. The van der Waals surface area contributed by atoms with Gasteiger partial charge in [-0.25, -0.2) is 26.4 Å². The number of allylic oxidation sites excluding steroid dienone is 6. The smallest absolute Gasteiger partial charge is 0.0488 e. The number of benzene rings is 3. The van der Waals surface area contributed by atoms with Crippen molar-refractivity contribution in [3.8, 4) is 0 Å². The Bertz CT molecular complexity index is 3080. The summed E-state index contributed by atoms with van der Waals surface area (Å²) in [6.07, 6.45) is 21.1. The van der Waals surface area contributed by atoms with Gasteiger partial charge in [-0.15, -0.1) is 91.8 Å². The molecule has 3 aromatic rings. The fourth-order valence-corrected chi connectivity index (χ4v) is 25.2. The fourth-order valence-electron chi connectivity index (χ4n) is 15.6. The minimum absolute atomic E-state index is 0. The number of rotatable bonds is 4. The van der Waals surface area contributed by atoms with E-state index in [1.807, 2.05) is 26.4 Å². The maximum Gasteiger partial charge on any atom is 0.0488 e. The van der Waals surface area contributed by atoms with E-state index in [0.717, 1.165) is 139 Å². The molecule has 5 nitrogen and oxygen atoms in total. The second-order valence-corrected chi connectivity index (χ2v) is 90.8. The molecule has 740 valence electrons. The number of nitrogens with zero attached hydrogens (tertiary/aromatic N) is 1. The number of para-hydroxylation sites is 1. The van der Waals surface area contributed by atoms with Crippen LogP contribution >= 0.6 is 35.3 Å². The minimum atomic E-state index is -1.08. The first-order valence-corrected chi connectivity index (χ1v) is 78.1. The van der Waals surface area contributed by atoms with Crippen LogP contribution in [0.4, 0.5) is 5.69 Å². The van der Waals surface area contributed by atoms with Gasteiger partial charge in [-0.05, 0) is 174 Å². The van der Waals surface area contributed by atoms with Crippen molar-refractivity contribution in [1.29, 1.82) is 0 Å². The van der Waals surface area contributed by atoms with E-state index in [0.29, 0.717) is 0 Å². The Labute approximate surface area is 900 Å². The number of ether oxygens (including phenoxy) is 4. The van der Waals surface area contributed by atoms with Crippen LogP contribution in [0.5, 0.6) is 0 Å². The first-order valence-electron chi connectivity index (χ1n) is 45.9. The normalized spacial score (nSPS) is 25.4. The van der Waals surface area contributed by atoms with E-state index in [4.69, 9.17) is 18.9 Å². The summed E-state index contributed by atoms with van der Waals surface area (Å²) in [6.45, 7) is 117. The molecule has 0 amide bonds. The van der Waals surface area contributed by atoms with Gasteiger partial charge in [0, 0.05) is 172 Å². The Morgan fingerprint density at radius 3 is 0.977 bits per heavy atom. The zero-order valence-corrected chi connectivity index (χ0v) is 109. The molecule has 8 aliphatic heterocycles. The van der Waals surface area contributed by atoms with E-state index in [9.17, 15) is 0 Å². The Hall–Kier alpha value is 2.53. The summed E-state index contributed by atoms with van der Waals surface area (Å²) in [6, 6.07) is 33.5. The van der Waals surface area contributed by atoms with Gasteiger partial charge in [-0.3, -0.25) is 0 Å². The average molecular weight is 2080 g/mol. The summed E-state index contributed by atoms with van der Waals surface area (Å²) in [7, 11) is -7.11. The van der Waals surface area contributed by atoms with Gasteiger partial charge >= 0.3 is 0 Å². The third-order valence-electron chi connectivity index (χ3n) is 20.0. The van der Waals surface area contributed by atoms with Gasteiger partial charge < -0.3 is 107 Å². The molecule has 15 atom stereocenters. The van der Waals surface area contributed by atoms with E-state index in [-0.39, 0.29) is 141 Å². The Kier molecular flexibility index (Phi) is 85.2. The van der Waals surface area contributed by atoms with E-state index < -0.39 is 64.6 Å². The van der Waals surface area contributed by atoms with Crippen molar-refractivity contribution in [1.82, 2.24) is 0 Å². The molecule has 0 N–H and O–H groups in total. The maximum atomic E-state index is 4.82. The predicted molar refractivity (Wildman–Crippen MR) is 602 cm³/mol. The molecule has 8 heterocycles. The SMILES string of the molecule is CC1=C(C)C2C(C)C(C)C(C)C2S1.CC1=C(c2ccccc2)C2CC(C)C([Si](C)(C)C)C2S1.CC1=C(c2ccccc2)C2CC(C)CC2S1.CC1CC2C=CN(c3ccccc3)C2C1.[CH-]1CCCO1.[CH-]1CCCO1.[CH-]1CCCO1.[CH-]1CCCO1.[CH2-][Si](C)(C)C.[CH2-][Si](C)(C)C.[CH2-][Si](C)(C)C.[CH2-][Si](C)(C)C.[CH2-][Si](C)(C)C.[CH2-][Si](C)(C)C.[CH2-][Si](C)(C)C.[CH3-].[CH3-].[CH3-].[CH3-].[CH3-].[Sc].[Sc].[Sc].[Sc]. The van der Waals surface area contributed by atoms with Crippen molar-refractivity contribution in [2.24, 2.45) is 59.2 Å². The molecule has 4 aliphatic carbocycles. The number of hydrogen-bond acceptors (Lipinski definition) is 8. The van der Waals surface area contributed by atoms with Crippen molar-refractivity contribution in [2.75, 3.05) is 31.3 Å². The van der Waals surface area contributed by atoms with Crippen molar-refractivity contribution in [2.45, 2.75) is 337 Å². The number of hydrogen-bond donors (Lipinski definition) is 0. The van der Waals surface area contributed by atoms with Gasteiger partial charge in [0.05, 0.1) is 0 Å². The van der Waals surface area contributed by atoms with E-state index >= 15 is 0 Å². The quantitative estimate of drug-likeness (QED) is 0.189. The van der Waals surface area contributed by atoms with Crippen molar-refractivity contribution in [3.63, 3.8) is 0 Å². The minimum Gasteiger partial charge on any atom is -0.552 e. The third-order valence-corrected chi connectivity index (χ3v) is 27.7. The fraction of sp³-hybridized carbons (Fsp3) is 0.611. The summed E-state index contributed by atoms with van der Waals surface area (Å²) >= 11 is 6.45. The molecule has 15 rings (SSSR count). The summed E-state index contributed by atoms with van der Waals surface area (Å²) < 4.78 is 19.3. The molecule has 4 radical (unpaired) electrons. The molecule has 20 heteroatoms. The molecule has 128 heavy (non-hydrogen) atoms. The second kappa shape index (κ2) is 73.6. The number of fused-ring (bicyclic) bond motifs is 4. The first-order chi connectivity index (χ1) is 54.5. The topological polar surface area (TPSA) is 40.2 Å². The van der Waals surface area contributed by atoms with Crippen LogP contribution in [0.25, 0.3) is 11.1 Å². The van der Waals surface area contributed by atoms with Gasteiger partial charge in [0.2, 0.25) is 0 Å². The maximum absolute atomic E-state index is 4.82. The summed E-state index contributed by atoms with van der Waals surface area (Å²) in [4.78, 5) is 7.20. The molecule has 3 aromatic carbocycles. The van der Waals surface area contributed by atoms with E-state index in [2.05, 4.69) is 416 Å². The van der Waals surface area contributed by atoms with Crippen LogP contribution in [-0.2, 0) is 122 Å². The van der Waals surface area contributed by atoms with Crippen LogP contribution in [0, 0.1) is 169 Å². The molecule has 4 saturated carbocycles. The molecular weight excluding hydrogens is 1880 g/mol. The van der Waals surface area contributed by atoms with Crippen LogP contribution in [0.2, 0.25) is 163 Å². The third kappa shape index (κ3) is 72.7. The standard InChI is InChI=1S/C18H26SSi.C15H18S.C14H17N.C12H20S.4C4H7O.7C4H11Si.5CH3.4Sc/c1-12-11-15-16(14-9-7-6-8-10-14)13(2)19-17(15)18(12)20(3,4)5;1-10-8-13-14(9-10)16-11(2)15(13)12-6-4-3-5-7-12;1-11-9-12-7-8-15(14(12)10-11)13-5-3-2-4-6-13;1-6-7(2)11-9(4)10(5)13-12(11)8(6)3;4*1-2-4-5-3-1;7*1-5(2,3)4;;;;;;;;;/h6-10,12,15,17-18H,11H2,1-5H3;3-7,10,13-14H,8-9H2,1-2H3;2-8,11-12,14H,9-10H2,1H3;6-8,11-12H,1-5H3;4*3H,1-2,4H2;7*1H2,2-4H3;5*1H3;;;;/q;;;;16*-1;;;;. The monoisotopic (exact) mass is 2080 g/mol. The van der Waals surface area contributed by atoms with Gasteiger partial charge in [0.1, 0.15) is 0 Å². The Balaban J connectivity index is -0.000000175. The zero-order valence-electron chi connectivity index (χ0n) is 90.9. The Morgan fingerprint density at radius 1 is 0.359 bits per heavy atom. The second-order valence-electron chi connectivity index (χ2n) is 45.3. The zero-order chi connectivity index (χ0) is 91.3. The van der Waals surface area contributed by atoms with Gasteiger partial charge in [0.15, 0.2) is 0 Å². The Morgan fingerprint density at radius 2 is 0.672 bits per heavy atom. The summed E-state index contributed by atoms with van der Waals surface area (Å²) in [5.74, 6) is 8.70. The average Bonchev–Trinajstić information content (AvgIpc) is 1.60. The van der Waals surface area contributed by atoms with Crippen LogP contribution in [-0.4, -0.2) is 113 Å². The molecular formula is C108H201NO4S3Sc4Si8-16. The van der Waals surface area contributed by atoms with Crippen LogP contribution in [0.1, 0.15) is 164 Å². The molecule has 0 spiro atoms. The molecule has 15 unspecified atom stereocenters.